The highest BCUT2D eigenvalue weighted by Crippen LogP contribution is 2.37. The number of piperidine rings is 1. The van der Waals surface area contributed by atoms with Gasteiger partial charge in [-0.1, -0.05) is 6.08 Å². The van der Waals surface area contributed by atoms with E-state index in [2.05, 4.69) is 38.4 Å². The van der Waals surface area contributed by atoms with Crippen LogP contribution in [0.3, 0.4) is 0 Å². The Bertz CT molecular complexity index is 501. The number of fused-ring (bicyclic) bond motifs is 1. The van der Waals surface area contributed by atoms with Crippen LogP contribution in [0.1, 0.15) is 24.8 Å². The van der Waals surface area contributed by atoms with Gasteiger partial charge in [0.2, 0.25) is 0 Å². The molecule has 0 radical (unpaired) electrons. The molecule has 2 aliphatic rings. The zero-order chi connectivity index (χ0) is 13.2. The molecule has 1 aliphatic heterocycles. The first-order valence-corrected chi connectivity index (χ1v) is 7.68. The van der Waals surface area contributed by atoms with Crippen LogP contribution in [0, 0.1) is 11.8 Å². The summed E-state index contributed by atoms with van der Waals surface area (Å²) in [7, 11) is 1.68. The van der Waals surface area contributed by atoms with E-state index in [-0.39, 0.29) is 0 Å². The molecule has 102 valence electrons. The molecule has 4 heteroatoms. The molecule has 2 heterocycles. The lowest BCUT2D eigenvalue weighted by Crippen LogP contribution is -2.37. The van der Waals surface area contributed by atoms with E-state index in [1.807, 2.05) is 6.20 Å². The molecule has 0 unspecified atom stereocenters. The molecule has 19 heavy (non-hydrogen) atoms. The molecule has 0 saturated carbocycles. The van der Waals surface area contributed by atoms with Gasteiger partial charge in [-0.3, -0.25) is 0 Å². The fraction of sp³-hybridized carbons (Fsp3) is 0.533. The van der Waals surface area contributed by atoms with E-state index in [9.17, 15) is 0 Å². The van der Waals surface area contributed by atoms with E-state index in [4.69, 9.17) is 4.74 Å². The van der Waals surface area contributed by atoms with E-state index in [0.29, 0.717) is 5.92 Å². The van der Waals surface area contributed by atoms with Gasteiger partial charge in [-0.15, -0.1) is 0 Å². The summed E-state index contributed by atoms with van der Waals surface area (Å²) in [6.07, 6.45) is 8.17. The summed E-state index contributed by atoms with van der Waals surface area (Å²) >= 11 is 3.40. The number of allylic oxidation sites excluding steroid dienone is 1. The third kappa shape index (κ3) is 2.70. The number of methoxy groups -OCH3 is 1. The monoisotopic (exact) mass is 322 g/mol. The summed E-state index contributed by atoms with van der Waals surface area (Å²) < 4.78 is 6.10. The third-order valence-corrected chi connectivity index (χ3v) is 4.87. The molecular weight excluding hydrogens is 304 g/mol. The van der Waals surface area contributed by atoms with Gasteiger partial charge in [-0.25, -0.2) is 4.98 Å². The number of hydrogen-bond acceptors (Lipinski definition) is 3. The molecule has 3 rings (SSSR count). The Labute approximate surface area is 122 Å². The number of halogens is 1. The van der Waals surface area contributed by atoms with Crippen LogP contribution in [0.4, 0.5) is 0 Å². The number of aromatic nitrogens is 1. The number of hydrogen-bond donors (Lipinski definition) is 1. The largest absolute Gasteiger partial charge is 0.494 e. The minimum absolute atomic E-state index is 0.687. The number of pyridine rings is 1. The zero-order valence-corrected chi connectivity index (χ0v) is 12.7. The van der Waals surface area contributed by atoms with Gasteiger partial charge in [0.05, 0.1) is 7.11 Å². The van der Waals surface area contributed by atoms with Crippen LogP contribution < -0.4 is 10.1 Å². The second-order valence-corrected chi connectivity index (χ2v) is 6.12. The lowest BCUT2D eigenvalue weighted by molar-refractivity contribution is 0.279. The van der Waals surface area contributed by atoms with E-state index >= 15 is 0 Å². The van der Waals surface area contributed by atoms with Crippen molar-refractivity contribution in [1.29, 1.82) is 0 Å². The summed E-state index contributed by atoms with van der Waals surface area (Å²) in [5.41, 5.74) is 2.62. The van der Waals surface area contributed by atoms with Gasteiger partial charge in [0.25, 0.3) is 0 Å². The van der Waals surface area contributed by atoms with Crippen molar-refractivity contribution in [3.05, 3.63) is 28.5 Å². The fourth-order valence-electron chi connectivity index (χ4n) is 3.16. The molecule has 0 bridgehead atoms. The van der Waals surface area contributed by atoms with Gasteiger partial charge in [-0.2, -0.15) is 0 Å². The van der Waals surface area contributed by atoms with Crippen LogP contribution in [0.15, 0.2) is 22.9 Å². The predicted molar refractivity (Wildman–Crippen MR) is 80.2 cm³/mol. The second kappa shape index (κ2) is 5.63. The highest BCUT2D eigenvalue weighted by Gasteiger charge is 2.27. The standard InChI is InChI=1S/C15H19BrN2O/c1-19-14-7-13(9-18-15(14)16)11-3-2-10-4-5-17-8-12(10)6-11/h6-7,9-10,12,17H,2-5,8H2,1H3/t10-,12+/m1/s1. The maximum Gasteiger partial charge on any atom is 0.152 e. The highest BCUT2D eigenvalue weighted by atomic mass is 79.9. The molecule has 3 nitrogen and oxygen atoms in total. The van der Waals surface area contributed by atoms with E-state index in [0.717, 1.165) is 29.2 Å². The highest BCUT2D eigenvalue weighted by molar-refractivity contribution is 9.10. The van der Waals surface area contributed by atoms with Crippen LogP contribution in [0.25, 0.3) is 5.57 Å². The number of rotatable bonds is 2. The Hall–Kier alpha value is -0.870. The molecule has 1 saturated heterocycles. The second-order valence-electron chi connectivity index (χ2n) is 5.36. The van der Waals surface area contributed by atoms with Gasteiger partial charge in [0.15, 0.2) is 5.75 Å². The van der Waals surface area contributed by atoms with Crippen LogP contribution in [0.2, 0.25) is 0 Å². The number of nitrogens with one attached hydrogen (secondary N) is 1. The van der Waals surface area contributed by atoms with Crippen molar-refractivity contribution in [2.24, 2.45) is 11.8 Å². The summed E-state index contributed by atoms with van der Waals surface area (Å²) in [6, 6.07) is 2.08. The first-order chi connectivity index (χ1) is 9.28. The number of ether oxygens (including phenoxy) is 1. The summed E-state index contributed by atoms with van der Waals surface area (Å²) in [6.45, 7) is 2.30. The molecule has 0 spiro atoms. The third-order valence-electron chi connectivity index (χ3n) is 4.27. The first-order valence-electron chi connectivity index (χ1n) is 6.89. The lowest BCUT2D eigenvalue weighted by Gasteiger charge is -2.34. The number of nitrogens with zero attached hydrogens (tertiary/aromatic N) is 1. The Morgan fingerprint density at radius 1 is 1.42 bits per heavy atom. The minimum atomic E-state index is 0.687. The molecule has 0 aromatic carbocycles. The van der Waals surface area contributed by atoms with E-state index in [1.54, 1.807) is 7.11 Å². The summed E-state index contributed by atoms with van der Waals surface area (Å²) in [5, 5.41) is 3.50. The van der Waals surface area contributed by atoms with Crippen molar-refractivity contribution in [1.82, 2.24) is 10.3 Å². The van der Waals surface area contributed by atoms with Crippen molar-refractivity contribution < 1.29 is 4.74 Å². The first kappa shape index (κ1) is 13.1. The minimum Gasteiger partial charge on any atom is -0.494 e. The van der Waals surface area contributed by atoms with Crippen LogP contribution >= 0.6 is 15.9 Å². The summed E-state index contributed by atoms with van der Waals surface area (Å²) in [5.74, 6) is 2.37. The molecular formula is C15H19BrN2O. The Balaban J connectivity index is 1.87. The van der Waals surface area contributed by atoms with Crippen molar-refractivity contribution in [2.45, 2.75) is 19.3 Å². The smallest absolute Gasteiger partial charge is 0.152 e. The van der Waals surface area contributed by atoms with E-state index < -0.39 is 0 Å². The van der Waals surface area contributed by atoms with Gasteiger partial charge >= 0.3 is 0 Å². The Kier molecular flexibility index (Phi) is 3.89. The average molecular weight is 323 g/mol. The van der Waals surface area contributed by atoms with Gasteiger partial charge < -0.3 is 10.1 Å². The van der Waals surface area contributed by atoms with Crippen molar-refractivity contribution in [2.75, 3.05) is 20.2 Å². The Morgan fingerprint density at radius 2 is 2.32 bits per heavy atom. The molecule has 1 fully saturated rings. The molecule has 1 N–H and O–H groups in total. The fourth-order valence-corrected chi connectivity index (χ4v) is 3.54. The maximum absolute atomic E-state index is 5.33. The molecule has 2 atom stereocenters. The van der Waals surface area contributed by atoms with Crippen LogP contribution in [0.5, 0.6) is 5.75 Å². The maximum atomic E-state index is 5.33. The molecule has 1 aromatic heterocycles. The predicted octanol–water partition coefficient (Wildman–Crippen LogP) is 3.26. The average Bonchev–Trinajstić information content (AvgIpc) is 2.47. The van der Waals surface area contributed by atoms with Crippen molar-refractivity contribution in [3.8, 4) is 5.75 Å². The van der Waals surface area contributed by atoms with E-state index in [1.165, 1.54) is 30.5 Å². The van der Waals surface area contributed by atoms with Crippen molar-refractivity contribution >= 4 is 21.5 Å². The summed E-state index contributed by atoms with van der Waals surface area (Å²) in [4.78, 5) is 4.36. The molecule has 1 aromatic rings. The normalized spacial score (nSPS) is 26.5. The molecule has 0 amide bonds. The Morgan fingerprint density at radius 3 is 3.16 bits per heavy atom. The van der Waals surface area contributed by atoms with Gasteiger partial charge in [-0.05, 0) is 70.8 Å². The van der Waals surface area contributed by atoms with Crippen LogP contribution in [-0.4, -0.2) is 25.2 Å². The zero-order valence-electron chi connectivity index (χ0n) is 11.2. The van der Waals surface area contributed by atoms with Crippen LogP contribution in [-0.2, 0) is 0 Å². The SMILES string of the molecule is COc1cc(C2=C[C@H]3CNCC[C@H]3CC2)cnc1Br. The van der Waals surface area contributed by atoms with Crippen molar-refractivity contribution in [3.63, 3.8) is 0 Å². The lowest BCUT2D eigenvalue weighted by atomic mass is 9.76. The quantitative estimate of drug-likeness (QED) is 0.849. The van der Waals surface area contributed by atoms with Gasteiger partial charge in [0.1, 0.15) is 4.60 Å². The topological polar surface area (TPSA) is 34.1 Å². The molecule has 1 aliphatic carbocycles. The van der Waals surface area contributed by atoms with Gasteiger partial charge in [0, 0.05) is 12.7 Å².